The van der Waals surface area contributed by atoms with Gasteiger partial charge in [0.15, 0.2) is 0 Å². The molecule has 0 aliphatic rings. The molecule has 0 aliphatic carbocycles. The van der Waals surface area contributed by atoms with Gasteiger partial charge in [-0.25, -0.2) is 0 Å². The summed E-state index contributed by atoms with van der Waals surface area (Å²) in [6.45, 7) is 0. The first kappa shape index (κ1) is 13.1. The average Bonchev–Trinajstić information content (AvgIpc) is 2.80. The lowest BCUT2D eigenvalue weighted by Crippen LogP contribution is -2.43. The van der Waals surface area contributed by atoms with E-state index in [1.807, 2.05) is 24.3 Å². The first-order valence-electron chi connectivity index (χ1n) is 5.81. The quantitative estimate of drug-likeness (QED) is 0.762. The van der Waals surface area contributed by atoms with Crippen LogP contribution in [0.1, 0.15) is 6.42 Å². The van der Waals surface area contributed by atoms with Crippen molar-refractivity contribution in [3.63, 3.8) is 0 Å². The molecular weight excluding hydrogens is 246 g/mol. The molecule has 0 bridgehead atoms. The molecule has 0 saturated carbocycles. The Hall–Kier alpha value is -2.34. The first-order chi connectivity index (χ1) is 9.00. The lowest BCUT2D eigenvalue weighted by Gasteiger charge is -2.19. The van der Waals surface area contributed by atoms with Crippen molar-refractivity contribution in [1.82, 2.24) is 4.98 Å². The van der Waals surface area contributed by atoms with E-state index in [1.165, 1.54) is 4.90 Å². The Morgan fingerprint density at radius 3 is 2.79 bits per heavy atom. The third-order valence-corrected chi connectivity index (χ3v) is 2.97. The number of carboxylic acids is 1. The number of likely N-dealkylation sites (N-methyl/N-ethyl adjacent to an activating group) is 1. The fourth-order valence-electron chi connectivity index (χ4n) is 1.98. The number of carboxylic acid groups (broad SMARTS) is 1. The van der Waals surface area contributed by atoms with Crippen LogP contribution in [-0.2, 0) is 9.59 Å². The molecule has 1 amide bonds. The Morgan fingerprint density at radius 2 is 2.11 bits per heavy atom. The van der Waals surface area contributed by atoms with Gasteiger partial charge in [0.2, 0.25) is 5.91 Å². The summed E-state index contributed by atoms with van der Waals surface area (Å²) in [6.07, 6.45) is 1.32. The fourth-order valence-corrected chi connectivity index (χ4v) is 1.98. The second-order valence-electron chi connectivity index (χ2n) is 4.32. The topological polar surface area (TPSA) is 99.4 Å². The number of fused-ring (bicyclic) bond motifs is 1. The van der Waals surface area contributed by atoms with Gasteiger partial charge >= 0.3 is 5.97 Å². The van der Waals surface area contributed by atoms with Crippen molar-refractivity contribution in [2.45, 2.75) is 12.5 Å². The fraction of sp³-hybridized carbons (Fsp3) is 0.231. The number of aromatic nitrogens is 1. The van der Waals surface area contributed by atoms with E-state index in [4.69, 9.17) is 10.8 Å². The second kappa shape index (κ2) is 5.11. The number of hydrogen-bond donors (Lipinski definition) is 3. The Bertz CT molecular complexity index is 620. The van der Waals surface area contributed by atoms with Crippen molar-refractivity contribution in [1.29, 1.82) is 0 Å². The highest BCUT2D eigenvalue weighted by Gasteiger charge is 2.23. The number of anilines is 1. The van der Waals surface area contributed by atoms with E-state index >= 15 is 0 Å². The van der Waals surface area contributed by atoms with Crippen molar-refractivity contribution in [2.75, 3.05) is 11.9 Å². The number of hydrogen-bond acceptors (Lipinski definition) is 3. The van der Waals surface area contributed by atoms with Gasteiger partial charge in [-0.05, 0) is 6.07 Å². The molecule has 0 fully saturated rings. The van der Waals surface area contributed by atoms with Gasteiger partial charge in [-0.3, -0.25) is 9.59 Å². The highest BCUT2D eigenvalue weighted by atomic mass is 16.4. The van der Waals surface area contributed by atoms with Gasteiger partial charge in [0.05, 0.1) is 18.2 Å². The van der Waals surface area contributed by atoms with Crippen molar-refractivity contribution in [3.8, 4) is 0 Å². The van der Waals surface area contributed by atoms with Gasteiger partial charge in [-0.1, -0.05) is 18.2 Å². The van der Waals surface area contributed by atoms with Crippen LogP contribution in [0.4, 0.5) is 5.69 Å². The first-order valence-corrected chi connectivity index (χ1v) is 5.81. The molecule has 2 rings (SSSR count). The van der Waals surface area contributed by atoms with E-state index in [0.29, 0.717) is 5.69 Å². The molecule has 0 saturated heterocycles. The second-order valence-corrected chi connectivity index (χ2v) is 4.32. The molecular formula is C13H15N3O3. The largest absolute Gasteiger partial charge is 0.481 e. The molecule has 6 nitrogen and oxygen atoms in total. The molecule has 0 radical (unpaired) electrons. The van der Waals surface area contributed by atoms with Crippen LogP contribution in [-0.4, -0.2) is 35.1 Å². The summed E-state index contributed by atoms with van der Waals surface area (Å²) in [4.78, 5) is 27.1. The number of nitrogens with one attached hydrogen (secondary N) is 1. The number of rotatable bonds is 4. The lowest BCUT2D eigenvalue weighted by molar-refractivity contribution is -0.139. The number of carbonyl (C=O) groups excluding carboxylic acids is 1. The monoisotopic (exact) mass is 261 g/mol. The van der Waals surface area contributed by atoms with Gasteiger partial charge in [-0.15, -0.1) is 0 Å². The molecule has 1 atom stereocenters. The number of amides is 1. The Balaban J connectivity index is 2.26. The van der Waals surface area contributed by atoms with Crippen LogP contribution in [0, 0.1) is 0 Å². The van der Waals surface area contributed by atoms with Crippen molar-refractivity contribution in [2.24, 2.45) is 5.73 Å². The SMILES string of the molecule is CN(C(=O)C(N)CC(=O)O)c1c[nH]c2ccccc12. The van der Waals surface area contributed by atoms with E-state index in [-0.39, 0.29) is 6.42 Å². The number of carbonyl (C=O) groups is 2. The van der Waals surface area contributed by atoms with E-state index in [0.717, 1.165) is 10.9 Å². The average molecular weight is 261 g/mol. The summed E-state index contributed by atoms with van der Waals surface area (Å²) in [5, 5.41) is 9.55. The van der Waals surface area contributed by atoms with Crippen LogP contribution in [0.2, 0.25) is 0 Å². The van der Waals surface area contributed by atoms with Crippen LogP contribution in [0.3, 0.4) is 0 Å². The minimum atomic E-state index is -1.09. The molecule has 4 N–H and O–H groups in total. The maximum Gasteiger partial charge on any atom is 0.305 e. The Morgan fingerprint density at radius 1 is 1.42 bits per heavy atom. The smallest absolute Gasteiger partial charge is 0.305 e. The van der Waals surface area contributed by atoms with Crippen LogP contribution in [0.5, 0.6) is 0 Å². The third-order valence-electron chi connectivity index (χ3n) is 2.97. The summed E-state index contributed by atoms with van der Waals surface area (Å²) in [5.41, 5.74) is 7.18. The van der Waals surface area contributed by atoms with Crippen molar-refractivity contribution < 1.29 is 14.7 Å². The molecule has 1 unspecified atom stereocenters. The molecule has 1 aromatic heterocycles. The molecule has 0 aliphatic heterocycles. The highest BCUT2D eigenvalue weighted by Crippen LogP contribution is 2.25. The standard InChI is InChI=1S/C13H15N3O3/c1-16(13(19)9(14)6-12(17)18)11-7-15-10-5-3-2-4-8(10)11/h2-5,7,9,15H,6,14H2,1H3,(H,17,18). The van der Waals surface area contributed by atoms with Gasteiger partial charge in [0, 0.05) is 24.1 Å². The predicted molar refractivity (Wildman–Crippen MR) is 71.9 cm³/mol. The molecule has 0 spiro atoms. The number of aliphatic carboxylic acids is 1. The van der Waals surface area contributed by atoms with Crippen molar-refractivity contribution >= 4 is 28.5 Å². The summed E-state index contributed by atoms with van der Waals surface area (Å²) < 4.78 is 0. The van der Waals surface area contributed by atoms with Crippen LogP contribution in [0.15, 0.2) is 30.5 Å². The van der Waals surface area contributed by atoms with Crippen LogP contribution >= 0.6 is 0 Å². The zero-order valence-electron chi connectivity index (χ0n) is 10.5. The maximum absolute atomic E-state index is 12.0. The number of para-hydroxylation sites is 1. The lowest BCUT2D eigenvalue weighted by atomic mass is 10.1. The van der Waals surface area contributed by atoms with Crippen LogP contribution in [0.25, 0.3) is 10.9 Å². The highest BCUT2D eigenvalue weighted by molar-refractivity contribution is 6.05. The van der Waals surface area contributed by atoms with Crippen molar-refractivity contribution in [3.05, 3.63) is 30.5 Å². The van der Waals surface area contributed by atoms with E-state index in [2.05, 4.69) is 4.98 Å². The number of nitrogens with two attached hydrogens (primary N) is 1. The Labute approximate surface area is 109 Å². The molecule has 1 heterocycles. The Kier molecular flexibility index (Phi) is 3.52. The number of nitrogens with zero attached hydrogens (tertiary/aromatic N) is 1. The van der Waals surface area contributed by atoms with Crippen LogP contribution < -0.4 is 10.6 Å². The number of aromatic amines is 1. The summed E-state index contributed by atoms with van der Waals surface area (Å²) in [6, 6.07) is 6.49. The van der Waals surface area contributed by atoms with Gasteiger partial charge in [0.1, 0.15) is 0 Å². The number of H-pyrrole nitrogens is 1. The zero-order valence-corrected chi connectivity index (χ0v) is 10.5. The zero-order chi connectivity index (χ0) is 14.0. The molecule has 6 heteroatoms. The minimum absolute atomic E-state index is 0.383. The molecule has 1 aromatic carbocycles. The predicted octanol–water partition coefficient (Wildman–Crippen LogP) is 0.933. The third kappa shape index (κ3) is 2.58. The normalized spacial score (nSPS) is 12.3. The van der Waals surface area contributed by atoms with Gasteiger partial charge in [0.25, 0.3) is 0 Å². The van der Waals surface area contributed by atoms with E-state index in [9.17, 15) is 9.59 Å². The van der Waals surface area contributed by atoms with E-state index in [1.54, 1.807) is 13.2 Å². The summed E-state index contributed by atoms with van der Waals surface area (Å²) in [7, 11) is 1.58. The maximum atomic E-state index is 12.0. The molecule has 100 valence electrons. The summed E-state index contributed by atoms with van der Waals surface area (Å²) in [5.74, 6) is -1.51. The molecule has 19 heavy (non-hydrogen) atoms. The van der Waals surface area contributed by atoms with Gasteiger partial charge < -0.3 is 20.7 Å². The number of benzene rings is 1. The summed E-state index contributed by atoms with van der Waals surface area (Å²) >= 11 is 0. The van der Waals surface area contributed by atoms with Gasteiger partial charge in [-0.2, -0.15) is 0 Å². The molecule has 2 aromatic rings. The van der Waals surface area contributed by atoms with E-state index < -0.39 is 17.9 Å². The minimum Gasteiger partial charge on any atom is -0.481 e.